The lowest BCUT2D eigenvalue weighted by molar-refractivity contribution is -0.147. The van der Waals surface area contributed by atoms with Crippen molar-refractivity contribution in [1.29, 1.82) is 0 Å². The Morgan fingerprint density at radius 1 is 1.14 bits per heavy atom. The van der Waals surface area contributed by atoms with Crippen molar-refractivity contribution in [2.45, 2.75) is 51.5 Å². The molecule has 1 atom stereocenters. The number of likely N-dealkylation sites (tertiary alicyclic amines) is 2. The van der Waals surface area contributed by atoms with E-state index in [1.807, 2.05) is 4.90 Å². The molecule has 1 aromatic heterocycles. The van der Waals surface area contributed by atoms with Gasteiger partial charge in [0, 0.05) is 51.4 Å². The van der Waals surface area contributed by atoms with E-state index in [1.54, 1.807) is 4.90 Å². The Labute approximate surface area is 163 Å². The van der Waals surface area contributed by atoms with Gasteiger partial charge in [-0.1, -0.05) is 6.42 Å². The van der Waals surface area contributed by atoms with Crippen LogP contribution < -0.4 is 11.2 Å². The van der Waals surface area contributed by atoms with Gasteiger partial charge in [0.25, 0.3) is 5.56 Å². The first-order chi connectivity index (χ1) is 13.5. The highest BCUT2D eigenvalue weighted by Crippen LogP contribution is 2.41. The SMILES string of the molecule is O=C(CCn1ccc(=O)[nH]c1=O)N1CC[C@@]2(CCCN(CC3CCC3)C2=O)C1. The van der Waals surface area contributed by atoms with Gasteiger partial charge >= 0.3 is 5.69 Å². The first-order valence-corrected chi connectivity index (χ1v) is 10.3. The largest absolute Gasteiger partial charge is 0.342 e. The second-order valence-corrected chi connectivity index (χ2v) is 8.55. The normalized spacial score (nSPS) is 25.4. The zero-order valence-corrected chi connectivity index (χ0v) is 16.2. The summed E-state index contributed by atoms with van der Waals surface area (Å²) in [6.45, 7) is 3.04. The fourth-order valence-electron chi connectivity index (χ4n) is 4.77. The lowest BCUT2D eigenvalue weighted by Crippen LogP contribution is -2.52. The number of rotatable bonds is 5. The predicted molar refractivity (Wildman–Crippen MR) is 103 cm³/mol. The van der Waals surface area contributed by atoms with Gasteiger partial charge in [0.15, 0.2) is 0 Å². The smallest absolute Gasteiger partial charge is 0.328 e. The van der Waals surface area contributed by atoms with E-state index in [2.05, 4.69) is 4.98 Å². The van der Waals surface area contributed by atoms with E-state index in [4.69, 9.17) is 0 Å². The Morgan fingerprint density at radius 3 is 2.68 bits per heavy atom. The molecule has 3 fully saturated rings. The molecule has 0 unspecified atom stereocenters. The van der Waals surface area contributed by atoms with Gasteiger partial charge in [0.2, 0.25) is 11.8 Å². The third-order valence-corrected chi connectivity index (χ3v) is 6.70. The molecule has 0 aromatic carbocycles. The van der Waals surface area contributed by atoms with Crippen molar-refractivity contribution < 1.29 is 9.59 Å². The van der Waals surface area contributed by atoms with Crippen LogP contribution in [-0.4, -0.2) is 57.3 Å². The number of carbonyl (C=O) groups excluding carboxylic acids is 2. The average molecular weight is 388 g/mol. The van der Waals surface area contributed by atoms with Crippen LogP contribution in [0.3, 0.4) is 0 Å². The van der Waals surface area contributed by atoms with Crippen LogP contribution in [0.2, 0.25) is 0 Å². The van der Waals surface area contributed by atoms with Crippen LogP contribution in [0.25, 0.3) is 0 Å². The van der Waals surface area contributed by atoms with Crippen LogP contribution in [0.15, 0.2) is 21.9 Å². The van der Waals surface area contributed by atoms with E-state index in [-0.39, 0.29) is 24.8 Å². The molecule has 8 heteroatoms. The molecule has 1 aliphatic carbocycles. The van der Waals surface area contributed by atoms with Crippen molar-refractivity contribution in [3.63, 3.8) is 0 Å². The van der Waals surface area contributed by atoms with Gasteiger partial charge in [-0.25, -0.2) is 4.79 Å². The fraction of sp³-hybridized carbons (Fsp3) is 0.700. The van der Waals surface area contributed by atoms with Crippen LogP contribution in [0, 0.1) is 11.3 Å². The van der Waals surface area contributed by atoms with Crippen molar-refractivity contribution in [3.05, 3.63) is 33.1 Å². The molecular formula is C20H28N4O4. The minimum absolute atomic E-state index is 0.0427. The molecule has 1 N–H and O–H groups in total. The minimum Gasteiger partial charge on any atom is -0.342 e. The van der Waals surface area contributed by atoms with Gasteiger partial charge in [-0.05, 0) is 38.0 Å². The van der Waals surface area contributed by atoms with E-state index in [1.165, 1.54) is 36.1 Å². The fourth-order valence-corrected chi connectivity index (χ4v) is 4.77. The van der Waals surface area contributed by atoms with Gasteiger partial charge in [-0.15, -0.1) is 0 Å². The number of carbonyl (C=O) groups is 2. The zero-order chi connectivity index (χ0) is 19.7. The van der Waals surface area contributed by atoms with E-state index in [0.717, 1.165) is 32.4 Å². The Balaban J connectivity index is 1.35. The van der Waals surface area contributed by atoms with Gasteiger partial charge < -0.3 is 14.4 Å². The Morgan fingerprint density at radius 2 is 1.96 bits per heavy atom. The van der Waals surface area contributed by atoms with Crippen LogP contribution in [0.1, 0.15) is 44.9 Å². The monoisotopic (exact) mass is 388 g/mol. The number of hydrogen-bond acceptors (Lipinski definition) is 4. The van der Waals surface area contributed by atoms with Crippen molar-refractivity contribution in [2.75, 3.05) is 26.2 Å². The Kier molecular flexibility index (Phi) is 5.12. The molecule has 2 aliphatic heterocycles. The quantitative estimate of drug-likeness (QED) is 0.798. The summed E-state index contributed by atoms with van der Waals surface area (Å²) in [6.07, 6.45) is 7.92. The van der Waals surface area contributed by atoms with Crippen LogP contribution in [0.5, 0.6) is 0 Å². The molecule has 2 saturated heterocycles. The first kappa shape index (κ1) is 19.0. The molecule has 2 amide bonds. The molecule has 4 rings (SSSR count). The maximum absolute atomic E-state index is 13.2. The highest BCUT2D eigenvalue weighted by atomic mass is 16.2. The van der Waals surface area contributed by atoms with Gasteiger partial charge in [-0.3, -0.25) is 19.4 Å². The standard InChI is InChI=1S/C20H28N4O4/c25-16-5-10-22(19(28)21-16)11-6-17(26)24-12-8-20(14-24)7-2-9-23(18(20)27)13-15-3-1-4-15/h5,10,15H,1-4,6-9,11-14H2,(H,21,25,28)/t20-/m0/s1. The number of aromatic nitrogens is 2. The number of aromatic amines is 1. The van der Waals surface area contributed by atoms with Gasteiger partial charge in [0.1, 0.15) is 0 Å². The second-order valence-electron chi connectivity index (χ2n) is 8.55. The summed E-state index contributed by atoms with van der Waals surface area (Å²) < 4.78 is 1.33. The number of hydrogen-bond donors (Lipinski definition) is 1. The van der Waals surface area contributed by atoms with Gasteiger partial charge in [0.05, 0.1) is 5.41 Å². The average Bonchev–Trinajstić information content (AvgIpc) is 3.06. The van der Waals surface area contributed by atoms with Crippen LogP contribution >= 0.6 is 0 Å². The second kappa shape index (κ2) is 7.56. The third kappa shape index (κ3) is 3.64. The summed E-state index contributed by atoms with van der Waals surface area (Å²) in [6, 6.07) is 1.27. The summed E-state index contributed by atoms with van der Waals surface area (Å²) in [5, 5.41) is 0. The Hall–Kier alpha value is -2.38. The number of aryl methyl sites for hydroxylation is 1. The summed E-state index contributed by atoms with van der Waals surface area (Å²) in [4.78, 5) is 54.7. The molecule has 0 bridgehead atoms. The molecule has 3 heterocycles. The molecule has 0 radical (unpaired) electrons. The van der Waals surface area contributed by atoms with E-state index in [9.17, 15) is 19.2 Å². The highest BCUT2D eigenvalue weighted by molar-refractivity contribution is 5.86. The van der Waals surface area contributed by atoms with Crippen molar-refractivity contribution in [2.24, 2.45) is 11.3 Å². The molecular weight excluding hydrogens is 360 g/mol. The molecule has 1 spiro atoms. The van der Waals surface area contributed by atoms with Crippen molar-refractivity contribution >= 4 is 11.8 Å². The maximum atomic E-state index is 13.2. The highest BCUT2D eigenvalue weighted by Gasteiger charge is 2.49. The summed E-state index contributed by atoms with van der Waals surface area (Å²) in [5.41, 5.74) is -1.37. The number of nitrogens with zero attached hydrogens (tertiary/aromatic N) is 3. The third-order valence-electron chi connectivity index (χ3n) is 6.70. The summed E-state index contributed by atoms with van der Waals surface area (Å²) in [5.74, 6) is 0.852. The number of nitrogens with one attached hydrogen (secondary N) is 1. The number of amides is 2. The van der Waals surface area contributed by atoms with Crippen molar-refractivity contribution in [1.82, 2.24) is 19.4 Å². The lowest BCUT2D eigenvalue weighted by atomic mass is 9.77. The number of piperidine rings is 1. The Bertz CT molecular complexity index is 871. The van der Waals surface area contributed by atoms with Gasteiger partial charge in [-0.2, -0.15) is 0 Å². The molecule has 28 heavy (non-hydrogen) atoms. The molecule has 1 saturated carbocycles. The minimum atomic E-state index is -0.507. The predicted octanol–water partition coefficient (Wildman–Crippen LogP) is 0.568. The lowest BCUT2D eigenvalue weighted by Gasteiger charge is -2.42. The molecule has 8 nitrogen and oxygen atoms in total. The summed E-state index contributed by atoms with van der Waals surface area (Å²) in [7, 11) is 0. The van der Waals surface area contributed by atoms with Crippen LogP contribution in [0.4, 0.5) is 0 Å². The summed E-state index contributed by atoms with van der Waals surface area (Å²) >= 11 is 0. The molecule has 152 valence electrons. The maximum Gasteiger partial charge on any atom is 0.328 e. The van der Waals surface area contributed by atoms with E-state index >= 15 is 0 Å². The molecule has 3 aliphatic rings. The van der Waals surface area contributed by atoms with Crippen LogP contribution in [-0.2, 0) is 16.1 Å². The van der Waals surface area contributed by atoms with E-state index < -0.39 is 16.7 Å². The number of H-pyrrole nitrogens is 1. The molecule has 1 aromatic rings. The van der Waals surface area contributed by atoms with E-state index in [0.29, 0.717) is 19.0 Å². The zero-order valence-electron chi connectivity index (χ0n) is 16.2. The topological polar surface area (TPSA) is 95.5 Å². The van der Waals surface area contributed by atoms with Crippen molar-refractivity contribution in [3.8, 4) is 0 Å². The first-order valence-electron chi connectivity index (χ1n) is 10.3.